The Morgan fingerprint density at radius 2 is 1.28 bits per heavy atom. The number of nitrogens with zero attached hydrogens (tertiary/aromatic N) is 2. The van der Waals surface area contributed by atoms with Crippen LogP contribution in [0.25, 0.3) is 0 Å². The Balaban J connectivity index is 1.55. The van der Waals surface area contributed by atoms with Gasteiger partial charge in [0, 0.05) is 22.9 Å². The molecule has 158 valence electrons. The molecule has 0 aromatic heterocycles. The van der Waals surface area contributed by atoms with Gasteiger partial charge in [-0.1, -0.05) is 62.4 Å². The number of benzene rings is 4. The van der Waals surface area contributed by atoms with Gasteiger partial charge < -0.3 is 10.2 Å². The van der Waals surface area contributed by atoms with Gasteiger partial charge in [-0.25, -0.2) is 0 Å². The number of nitro benzene ring substituents is 1. The number of hydrogen-bond acceptors (Lipinski definition) is 4. The Bertz CT molecular complexity index is 1260. The molecule has 0 unspecified atom stereocenters. The first-order chi connectivity index (χ1) is 15.5. The second-order valence-corrected chi connectivity index (χ2v) is 8.44. The van der Waals surface area contributed by atoms with Gasteiger partial charge in [-0.05, 0) is 53.6 Å². The highest BCUT2D eigenvalue weighted by molar-refractivity contribution is 5.86. The molecule has 0 atom stereocenters. The van der Waals surface area contributed by atoms with E-state index in [1.54, 1.807) is 18.2 Å². The molecule has 5 rings (SSSR count). The van der Waals surface area contributed by atoms with Crippen LogP contribution in [0.2, 0.25) is 0 Å². The van der Waals surface area contributed by atoms with Crippen molar-refractivity contribution < 1.29 is 4.92 Å². The maximum Gasteiger partial charge on any atom is 0.292 e. The van der Waals surface area contributed by atoms with Crippen LogP contribution in [0, 0.1) is 10.1 Å². The molecule has 1 aliphatic heterocycles. The van der Waals surface area contributed by atoms with Crippen LogP contribution in [0.15, 0.2) is 97.1 Å². The second-order valence-electron chi connectivity index (χ2n) is 8.44. The summed E-state index contributed by atoms with van der Waals surface area (Å²) in [5.74, 6) is 0. The minimum atomic E-state index is -0.375. The Labute approximate surface area is 187 Å². The zero-order valence-electron chi connectivity index (χ0n) is 17.9. The molecule has 0 saturated carbocycles. The number of nitrogens with one attached hydrogen (secondary N) is 1. The fraction of sp³-hybridized carbons (Fsp3) is 0.111. The van der Waals surface area contributed by atoms with Gasteiger partial charge in [-0.15, -0.1) is 0 Å². The zero-order chi connectivity index (χ0) is 22.3. The fourth-order valence-electron chi connectivity index (χ4n) is 4.54. The first-order valence-electron chi connectivity index (χ1n) is 10.6. The molecular formula is C27H23N3O2. The largest absolute Gasteiger partial charge is 0.350 e. The Morgan fingerprint density at radius 3 is 1.88 bits per heavy atom. The summed E-state index contributed by atoms with van der Waals surface area (Å²) < 4.78 is 0. The molecule has 1 N–H and O–H groups in total. The van der Waals surface area contributed by atoms with Crippen molar-refractivity contribution in [2.24, 2.45) is 0 Å². The van der Waals surface area contributed by atoms with Gasteiger partial charge in [0.1, 0.15) is 5.69 Å². The quantitative estimate of drug-likeness (QED) is 0.275. The summed E-state index contributed by atoms with van der Waals surface area (Å²) in [5, 5.41) is 14.5. The molecular weight excluding hydrogens is 398 g/mol. The van der Waals surface area contributed by atoms with Gasteiger partial charge in [0.2, 0.25) is 0 Å². The number of para-hydroxylation sites is 4. The lowest BCUT2D eigenvalue weighted by Gasteiger charge is -2.42. The molecule has 0 amide bonds. The Morgan fingerprint density at radius 1 is 0.750 bits per heavy atom. The summed E-state index contributed by atoms with van der Waals surface area (Å²) in [7, 11) is 0. The molecule has 1 heterocycles. The van der Waals surface area contributed by atoms with Crippen molar-refractivity contribution in [2.75, 3.05) is 10.2 Å². The van der Waals surface area contributed by atoms with Crippen LogP contribution in [0.4, 0.5) is 34.1 Å². The first kappa shape index (κ1) is 19.8. The van der Waals surface area contributed by atoms with Crippen molar-refractivity contribution >= 4 is 34.1 Å². The molecule has 0 fully saturated rings. The summed E-state index contributed by atoms with van der Waals surface area (Å²) in [5.41, 5.74) is 7.14. The van der Waals surface area contributed by atoms with Gasteiger partial charge in [0.05, 0.1) is 16.3 Å². The van der Waals surface area contributed by atoms with Crippen molar-refractivity contribution in [3.05, 3.63) is 118 Å². The second kappa shape index (κ2) is 7.54. The normalized spacial score (nSPS) is 13.8. The summed E-state index contributed by atoms with van der Waals surface area (Å²) in [6, 6.07) is 31.7. The summed E-state index contributed by atoms with van der Waals surface area (Å²) in [4.78, 5) is 13.2. The molecule has 4 aromatic carbocycles. The topological polar surface area (TPSA) is 58.4 Å². The van der Waals surface area contributed by atoms with Crippen LogP contribution in [0.5, 0.6) is 0 Å². The predicted molar refractivity (Wildman–Crippen MR) is 130 cm³/mol. The standard InChI is InChI=1S/C27H23N3O2/c1-27(2)21-9-3-6-12-24(21)29(25-13-7-4-10-22(25)27)20-17-15-19(16-18-20)28-23-11-5-8-14-26(23)30(31)32/h3-18,28H,1-2H3. The van der Waals surface area contributed by atoms with Crippen LogP contribution >= 0.6 is 0 Å². The maximum atomic E-state index is 11.3. The predicted octanol–water partition coefficient (Wildman–Crippen LogP) is 7.45. The maximum absolute atomic E-state index is 11.3. The molecule has 4 aromatic rings. The van der Waals surface area contributed by atoms with E-state index < -0.39 is 0 Å². The van der Waals surface area contributed by atoms with Gasteiger partial charge in [-0.3, -0.25) is 10.1 Å². The lowest BCUT2D eigenvalue weighted by Crippen LogP contribution is -2.30. The van der Waals surface area contributed by atoms with E-state index >= 15 is 0 Å². The average molecular weight is 422 g/mol. The van der Waals surface area contributed by atoms with Gasteiger partial charge in [0.25, 0.3) is 5.69 Å². The zero-order valence-corrected chi connectivity index (χ0v) is 17.9. The highest BCUT2D eigenvalue weighted by atomic mass is 16.6. The molecule has 0 radical (unpaired) electrons. The molecule has 0 spiro atoms. The van der Waals surface area contributed by atoms with E-state index in [0.717, 1.165) is 22.7 Å². The number of rotatable bonds is 4. The third-order valence-electron chi connectivity index (χ3n) is 6.14. The first-order valence-corrected chi connectivity index (χ1v) is 10.6. The lowest BCUT2D eigenvalue weighted by molar-refractivity contribution is -0.383. The third kappa shape index (κ3) is 3.19. The number of anilines is 5. The molecule has 5 nitrogen and oxygen atoms in total. The van der Waals surface area contributed by atoms with E-state index in [2.05, 4.69) is 72.6 Å². The van der Waals surface area contributed by atoms with Gasteiger partial charge in [-0.2, -0.15) is 0 Å². The highest BCUT2D eigenvalue weighted by Crippen LogP contribution is 2.51. The minimum Gasteiger partial charge on any atom is -0.350 e. The number of hydrogen-bond donors (Lipinski definition) is 1. The van der Waals surface area contributed by atoms with Crippen LogP contribution in [-0.4, -0.2) is 4.92 Å². The lowest BCUT2D eigenvalue weighted by atomic mass is 9.73. The molecule has 32 heavy (non-hydrogen) atoms. The third-order valence-corrected chi connectivity index (χ3v) is 6.14. The fourth-order valence-corrected chi connectivity index (χ4v) is 4.54. The Hall–Kier alpha value is -4.12. The van der Waals surface area contributed by atoms with E-state index in [0.29, 0.717) is 5.69 Å². The van der Waals surface area contributed by atoms with Gasteiger partial charge in [0.15, 0.2) is 0 Å². The minimum absolute atomic E-state index is 0.0534. The van der Waals surface area contributed by atoms with Crippen LogP contribution in [-0.2, 0) is 5.41 Å². The van der Waals surface area contributed by atoms with Crippen molar-refractivity contribution in [1.82, 2.24) is 0 Å². The van der Waals surface area contributed by atoms with Crippen molar-refractivity contribution in [3.63, 3.8) is 0 Å². The molecule has 0 saturated heterocycles. The van der Waals surface area contributed by atoms with E-state index in [9.17, 15) is 10.1 Å². The number of nitro groups is 1. The summed E-state index contributed by atoms with van der Waals surface area (Å²) in [6.45, 7) is 4.53. The van der Waals surface area contributed by atoms with E-state index in [1.165, 1.54) is 17.2 Å². The van der Waals surface area contributed by atoms with Crippen LogP contribution < -0.4 is 10.2 Å². The monoisotopic (exact) mass is 421 g/mol. The van der Waals surface area contributed by atoms with E-state index in [1.807, 2.05) is 24.3 Å². The van der Waals surface area contributed by atoms with E-state index in [-0.39, 0.29) is 16.0 Å². The molecule has 0 aliphatic carbocycles. The molecule has 0 bridgehead atoms. The molecule has 5 heteroatoms. The van der Waals surface area contributed by atoms with Crippen molar-refractivity contribution in [3.8, 4) is 0 Å². The Kier molecular flexibility index (Phi) is 4.67. The van der Waals surface area contributed by atoms with Crippen LogP contribution in [0.1, 0.15) is 25.0 Å². The van der Waals surface area contributed by atoms with E-state index in [4.69, 9.17) is 0 Å². The smallest absolute Gasteiger partial charge is 0.292 e. The number of fused-ring (bicyclic) bond motifs is 2. The highest BCUT2D eigenvalue weighted by Gasteiger charge is 2.36. The average Bonchev–Trinajstić information content (AvgIpc) is 2.81. The summed E-state index contributed by atoms with van der Waals surface area (Å²) >= 11 is 0. The molecule has 1 aliphatic rings. The van der Waals surface area contributed by atoms with Crippen molar-refractivity contribution in [2.45, 2.75) is 19.3 Å². The summed E-state index contributed by atoms with van der Waals surface area (Å²) in [6.07, 6.45) is 0. The SMILES string of the molecule is CC1(C)c2ccccc2N(c2ccc(Nc3ccccc3[N+](=O)[O-])cc2)c2ccccc21. The van der Waals surface area contributed by atoms with Gasteiger partial charge >= 0.3 is 0 Å². The van der Waals surface area contributed by atoms with Crippen LogP contribution in [0.3, 0.4) is 0 Å². The van der Waals surface area contributed by atoms with Crippen molar-refractivity contribution in [1.29, 1.82) is 0 Å².